The average Bonchev–Trinajstić information content (AvgIpc) is 3.09. The lowest BCUT2D eigenvalue weighted by Crippen LogP contribution is -2.24. The fraction of sp³-hybridized carbons (Fsp3) is 0.118. The number of carbonyl (C=O) groups is 1. The number of fused-ring (bicyclic) bond motifs is 2. The molecule has 0 unspecified atom stereocenters. The van der Waals surface area contributed by atoms with Crippen molar-refractivity contribution < 1.29 is 14.3 Å². The Balaban J connectivity index is 1.56. The quantitative estimate of drug-likeness (QED) is 0.763. The van der Waals surface area contributed by atoms with Gasteiger partial charge in [0.1, 0.15) is 0 Å². The highest BCUT2D eigenvalue weighted by Crippen LogP contribution is 2.32. The van der Waals surface area contributed by atoms with E-state index in [4.69, 9.17) is 9.47 Å². The smallest absolute Gasteiger partial charge is 0.272 e. The largest absolute Gasteiger partial charge is 0.454 e. The first-order chi connectivity index (χ1) is 11.7. The number of hydrogen-bond donors (Lipinski definition) is 2. The molecule has 0 atom stereocenters. The van der Waals surface area contributed by atoms with Gasteiger partial charge in [-0.05, 0) is 24.3 Å². The second-order valence-corrected chi connectivity index (χ2v) is 5.30. The predicted molar refractivity (Wildman–Crippen MR) is 86.1 cm³/mol. The van der Waals surface area contributed by atoms with Crippen molar-refractivity contribution in [2.24, 2.45) is 0 Å². The van der Waals surface area contributed by atoms with Crippen molar-refractivity contribution in [3.05, 3.63) is 64.1 Å². The molecule has 4 rings (SSSR count). The van der Waals surface area contributed by atoms with E-state index in [-0.39, 0.29) is 24.8 Å². The van der Waals surface area contributed by atoms with Gasteiger partial charge in [0.05, 0.1) is 17.6 Å². The van der Waals surface area contributed by atoms with E-state index in [0.717, 1.165) is 0 Å². The van der Waals surface area contributed by atoms with Crippen molar-refractivity contribution in [2.75, 3.05) is 6.79 Å². The summed E-state index contributed by atoms with van der Waals surface area (Å²) in [6.07, 6.45) is 0. The van der Waals surface area contributed by atoms with Gasteiger partial charge in [-0.2, -0.15) is 5.10 Å². The van der Waals surface area contributed by atoms with Crippen LogP contribution in [0.25, 0.3) is 10.8 Å². The van der Waals surface area contributed by atoms with E-state index in [1.807, 2.05) is 6.07 Å². The van der Waals surface area contributed by atoms with E-state index in [1.165, 1.54) is 0 Å². The molecule has 7 nitrogen and oxygen atoms in total. The number of nitrogens with one attached hydrogen (secondary N) is 2. The standard InChI is InChI=1S/C17H13N3O4/c21-16(10-5-6-14-15(7-10)24-9-23-14)18-8-13-11-3-1-2-4-12(11)17(22)20-19-13/h1-7H,8-9H2,(H,18,21)(H,20,22). The van der Waals surface area contributed by atoms with Crippen LogP contribution >= 0.6 is 0 Å². The molecule has 0 saturated heterocycles. The molecule has 0 fully saturated rings. The number of amides is 1. The lowest BCUT2D eigenvalue weighted by Gasteiger charge is -2.07. The highest BCUT2D eigenvalue weighted by atomic mass is 16.7. The van der Waals surface area contributed by atoms with Gasteiger partial charge in [-0.15, -0.1) is 0 Å². The van der Waals surface area contributed by atoms with E-state index in [0.29, 0.717) is 33.5 Å². The Hall–Kier alpha value is -3.35. The minimum absolute atomic E-state index is 0.160. The Labute approximate surface area is 136 Å². The zero-order valence-corrected chi connectivity index (χ0v) is 12.5. The van der Waals surface area contributed by atoms with Crippen molar-refractivity contribution in [1.82, 2.24) is 15.5 Å². The minimum atomic E-state index is -0.259. The zero-order chi connectivity index (χ0) is 16.5. The molecule has 0 spiro atoms. The molecule has 1 aromatic heterocycles. The minimum Gasteiger partial charge on any atom is -0.454 e. The van der Waals surface area contributed by atoms with E-state index in [2.05, 4.69) is 15.5 Å². The van der Waals surface area contributed by atoms with E-state index in [1.54, 1.807) is 36.4 Å². The van der Waals surface area contributed by atoms with E-state index < -0.39 is 0 Å². The van der Waals surface area contributed by atoms with Crippen LogP contribution in [0, 0.1) is 0 Å². The number of carbonyl (C=O) groups excluding carboxylic acids is 1. The lowest BCUT2D eigenvalue weighted by molar-refractivity contribution is 0.0950. The molecule has 0 aliphatic carbocycles. The molecule has 1 amide bonds. The highest BCUT2D eigenvalue weighted by Gasteiger charge is 2.16. The van der Waals surface area contributed by atoms with Crippen molar-refractivity contribution in [2.45, 2.75) is 6.54 Å². The summed E-state index contributed by atoms with van der Waals surface area (Å²) in [4.78, 5) is 24.1. The van der Waals surface area contributed by atoms with E-state index in [9.17, 15) is 9.59 Å². The third kappa shape index (κ3) is 2.45. The molecule has 0 saturated carbocycles. The van der Waals surface area contributed by atoms with Gasteiger partial charge in [0.15, 0.2) is 11.5 Å². The molecule has 3 aromatic rings. The average molecular weight is 323 g/mol. The maximum atomic E-state index is 12.3. The Kier molecular flexibility index (Phi) is 3.38. The third-order valence-corrected chi connectivity index (χ3v) is 3.83. The van der Waals surface area contributed by atoms with Gasteiger partial charge >= 0.3 is 0 Å². The van der Waals surface area contributed by atoms with Crippen LogP contribution in [0.3, 0.4) is 0 Å². The van der Waals surface area contributed by atoms with Gasteiger partial charge in [0, 0.05) is 10.9 Å². The van der Waals surface area contributed by atoms with Crippen molar-refractivity contribution >= 4 is 16.7 Å². The lowest BCUT2D eigenvalue weighted by atomic mass is 10.1. The van der Waals surface area contributed by atoms with Crippen LogP contribution in [-0.4, -0.2) is 22.9 Å². The van der Waals surface area contributed by atoms with Gasteiger partial charge in [-0.3, -0.25) is 9.59 Å². The maximum Gasteiger partial charge on any atom is 0.272 e. The highest BCUT2D eigenvalue weighted by molar-refractivity contribution is 5.95. The van der Waals surface area contributed by atoms with Crippen LogP contribution in [0.15, 0.2) is 47.3 Å². The summed E-state index contributed by atoms with van der Waals surface area (Å²) in [5.41, 5.74) is 0.809. The molecular formula is C17H13N3O4. The molecule has 7 heteroatoms. The van der Waals surface area contributed by atoms with Crippen molar-refractivity contribution in [3.63, 3.8) is 0 Å². The van der Waals surface area contributed by atoms with E-state index >= 15 is 0 Å². The molecule has 1 aliphatic rings. The first kappa shape index (κ1) is 14.3. The zero-order valence-electron chi connectivity index (χ0n) is 12.5. The summed E-state index contributed by atoms with van der Waals surface area (Å²) in [6.45, 7) is 0.359. The first-order valence-corrected chi connectivity index (χ1v) is 7.36. The van der Waals surface area contributed by atoms with Crippen LogP contribution in [0.5, 0.6) is 11.5 Å². The summed E-state index contributed by atoms with van der Waals surface area (Å²) < 4.78 is 10.5. The Bertz CT molecular complexity index is 997. The predicted octanol–water partition coefficient (Wildman–Crippen LogP) is 1.58. The van der Waals surface area contributed by atoms with Gasteiger partial charge in [-0.25, -0.2) is 5.10 Å². The van der Waals surface area contributed by atoms with Crippen LogP contribution in [0.2, 0.25) is 0 Å². The SMILES string of the molecule is O=C(NCc1n[nH]c(=O)c2ccccc12)c1ccc2c(c1)OCO2. The number of hydrogen-bond acceptors (Lipinski definition) is 5. The summed E-state index contributed by atoms with van der Waals surface area (Å²) in [5, 5.41) is 10.5. The molecule has 0 radical (unpaired) electrons. The molecule has 2 heterocycles. The van der Waals surface area contributed by atoms with Crippen LogP contribution in [0.4, 0.5) is 0 Å². The fourth-order valence-electron chi connectivity index (χ4n) is 2.61. The van der Waals surface area contributed by atoms with Crippen LogP contribution in [0.1, 0.15) is 16.1 Å². The molecule has 2 N–H and O–H groups in total. The van der Waals surface area contributed by atoms with Gasteiger partial charge < -0.3 is 14.8 Å². The summed E-state index contributed by atoms with van der Waals surface area (Å²) >= 11 is 0. The van der Waals surface area contributed by atoms with Crippen molar-refractivity contribution in [1.29, 1.82) is 0 Å². The Morgan fingerprint density at radius 1 is 1.12 bits per heavy atom. The molecule has 0 bridgehead atoms. The maximum absolute atomic E-state index is 12.3. The Morgan fingerprint density at radius 2 is 1.92 bits per heavy atom. The fourth-order valence-corrected chi connectivity index (χ4v) is 2.61. The monoisotopic (exact) mass is 323 g/mol. The first-order valence-electron chi connectivity index (χ1n) is 7.36. The Morgan fingerprint density at radius 3 is 2.79 bits per heavy atom. The molecule has 24 heavy (non-hydrogen) atoms. The number of ether oxygens (including phenoxy) is 2. The number of nitrogens with zero attached hydrogens (tertiary/aromatic N) is 1. The second kappa shape index (κ2) is 5.69. The number of H-pyrrole nitrogens is 1. The third-order valence-electron chi connectivity index (χ3n) is 3.83. The number of aromatic amines is 1. The molecule has 2 aromatic carbocycles. The number of rotatable bonds is 3. The summed E-state index contributed by atoms with van der Waals surface area (Å²) in [5.74, 6) is 0.917. The molecule has 1 aliphatic heterocycles. The van der Waals surface area contributed by atoms with Crippen LogP contribution in [-0.2, 0) is 6.54 Å². The molecular weight excluding hydrogens is 310 g/mol. The topological polar surface area (TPSA) is 93.3 Å². The second-order valence-electron chi connectivity index (χ2n) is 5.30. The van der Waals surface area contributed by atoms with Gasteiger partial charge in [-0.1, -0.05) is 18.2 Å². The normalized spacial score (nSPS) is 12.3. The van der Waals surface area contributed by atoms with Crippen LogP contribution < -0.4 is 20.3 Å². The number of benzene rings is 2. The summed E-state index contributed by atoms with van der Waals surface area (Å²) in [6, 6.07) is 12.1. The number of aromatic nitrogens is 2. The van der Waals surface area contributed by atoms with Gasteiger partial charge in [0.25, 0.3) is 11.5 Å². The van der Waals surface area contributed by atoms with Crippen molar-refractivity contribution in [3.8, 4) is 11.5 Å². The van der Waals surface area contributed by atoms with Gasteiger partial charge in [0.2, 0.25) is 6.79 Å². The molecule has 120 valence electrons. The summed E-state index contributed by atoms with van der Waals surface area (Å²) in [7, 11) is 0.